The first-order valence-corrected chi connectivity index (χ1v) is 7.68. The van der Waals surface area contributed by atoms with E-state index in [1.54, 1.807) is 6.33 Å². The van der Waals surface area contributed by atoms with Crippen molar-refractivity contribution in [3.63, 3.8) is 0 Å². The second kappa shape index (κ2) is 6.88. The lowest BCUT2D eigenvalue weighted by molar-refractivity contribution is 0.244. The molecule has 0 bridgehead atoms. The van der Waals surface area contributed by atoms with E-state index in [0.29, 0.717) is 5.92 Å². The predicted molar refractivity (Wildman–Crippen MR) is 82.2 cm³/mol. The molecule has 0 aromatic carbocycles. The molecular formula is C15H26N4O. The number of hydrogen-bond acceptors (Lipinski definition) is 5. The Morgan fingerprint density at radius 3 is 2.85 bits per heavy atom. The summed E-state index contributed by atoms with van der Waals surface area (Å²) < 4.78 is 0. The van der Waals surface area contributed by atoms with E-state index in [4.69, 9.17) is 0 Å². The summed E-state index contributed by atoms with van der Waals surface area (Å²) >= 11 is 0. The Balaban J connectivity index is 2.37. The molecule has 0 amide bonds. The van der Waals surface area contributed by atoms with Crippen LogP contribution in [0.4, 0.5) is 11.6 Å². The van der Waals surface area contributed by atoms with Crippen LogP contribution in [0.1, 0.15) is 39.2 Å². The van der Waals surface area contributed by atoms with Gasteiger partial charge in [0.2, 0.25) is 0 Å². The fourth-order valence-electron chi connectivity index (χ4n) is 3.00. The van der Waals surface area contributed by atoms with Crippen molar-refractivity contribution in [1.29, 1.82) is 0 Å². The number of aromatic nitrogens is 2. The number of anilines is 2. The molecular weight excluding hydrogens is 252 g/mol. The van der Waals surface area contributed by atoms with Crippen LogP contribution in [0.15, 0.2) is 6.33 Å². The molecule has 1 fully saturated rings. The van der Waals surface area contributed by atoms with Gasteiger partial charge in [0, 0.05) is 18.7 Å². The molecule has 2 heterocycles. The molecule has 0 spiro atoms. The maximum Gasteiger partial charge on any atom is 0.137 e. The smallest absolute Gasteiger partial charge is 0.137 e. The lowest BCUT2D eigenvalue weighted by Gasteiger charge is -2.28. The minimum atomic E-state index is 0.176. The van der Waals surface area contributed by atoms with E-state index in [0.717, 1.165) is 44.0 Å². The predicted octanol–water partition coefficient (Wildman–Crippen LogP) is 2.07. The topological polar surface area (TPSA) is 61.3 Å². The Morgan fingerprint density at radius 1 is 1.40 bits per heavy atom. The van der Waals surface area contributed by atoms with E-state index in [1.807, 2.05) is 0 Å². The molecule has 1 aliphatic heterocycles. The molecule has 2 atom stereocenters. The van der Waals surface area contributed by atoms with Gasteiger partial charge in [-0.2, -0.15) is 0 Å². The first kappa shape index (κ1) is 15.0. The van der Waals surface area contributed by atoms with Gasteiger partial charge in [0.15, 0.2) is 0 Å². The van der Waals surface area contributed by atoms with E-state index in [9.17, 15) is 5.11 Å². The second-order valence-electron chi connectivity index (χ2n) is 5.51. The van der Waals surface area contributed by atoms with Crippen LogP contribution in [0.3, 0.4) is 0 Å². The van der Waals surface area contributed by atoms with Crippen molar-refractivity contribution in [2.24, 2.45) is 5.92 Å². The van der Waals surface area contributed by atoms with Gasteiger partial charge in [0.25, 0.3) is 0 Å². The van der Waals surface area contributed by atoms with E-state index >= 15 is 0 Å². The monoisotopic (exact) mass is 278 g/mol. The molecule has 1 saturated heterocycles. The second-order valence-corrected chi connectivity index (χ2v) is 5.51. The summed E-state index contributed by atoms with van der Waals surface area (Å²) in [5, 5.41) is 13.0. The number of aliphatic hydroxyl groups excluding tert-OH is 1. The molecule has 5 heteroatoms. The summed E-state index contributed by atoms with van der Waals surface area (Å²) in [5.41, 5.74) is 1.18. The summed E-state index contributed by atoms with van der Waals surface area (Å²) in [4.78, 5) is 11.2. The fourth-order valence-corrected chi connectivity index (χ4v) is 3.00. The van der Waals surface area contributed by atoms with E-state index in [1.165, 1.54) is 5.56 Å². The molecule has 1 aliphatic rings. The normalized spacial score (nSPS) is 22.3. The van der Waals surface area contributed by atoms with Crippen LogP contribution in [0.25, 0.3) is 0 Å². The minimum Gasteiger partial charge on any atom is -0.394 e. The lowest BCUT2D eigenvalue weighted by Crippen LogP contribution is -2.36. The minimum absolute atomic E-state index is 0.176. The highest BCUT2D eigenvalue weighted by atomic mass is 16.3. The maximum absolute atomic E-state index is 9.66. The van der Waals surface area contributed by atoms with Crippen LogP contribution < -0.4 is 10.2 Å². The average molecular weight is 278 g/mol. The van der Waals surface area contributed by atoms with Crippen LogP contribution in [-0.2, 0) is 6.42 Å². The van der Waals surface area contributed by atoms with Gasteiger partial charge in [-0.05, 0) is 25.7 Å². The number of nitrogens with zero attached hydrogens (tertiary/aromatic N) is 3. The van der Waals surface area contributed by atoms with E-state index in [-0.39, 0.29) is 12.6 Å². The third-order valence-corrected chi connectivity index (χ3v) is 4.11. The Morgan fingerprint density at radius 2 is 2.20 bits per heavy atom. The number of aliphatic hydroxyl groups is 1. The number of hydrogen-bond donors (Lipinski definition) is 2. The largest absolute Gasteiger partial charge is 0.394 e. The SMILES string of the molecule is CCCc1c(NCC)ncnc1N1CCC(C)C1CO. The molecule has 1 aromatic heterocycles. The molecule has 5 nitrogen and oxygen atoms in total. The molecule has 112 valence electrons. The Hall–Kier alpha value is -1.36. The molecule has 2 N–H and O–H groups in total. The van der Waals surface area contributed by atoms with Crippen molar-refractivity contribution < 1.29 is 5.11 Å². The van der Waals surface area contributed by atoms with Gasteiger partial charge in [-0.3, -0.25) is 0 Å². The summed E-state index contributed by atoms with van der Waals surface area (Å²) in [7, 11) is 0. The maximum atomic E-state index is 9.66. The third kappa shape index (κ3) is 2.87. The van der Waals surface area contributed by atoms with Crippen LogP contribution in [0.2, 0.25) is 0 Å². The zero-order valence-electron chi connectivity index (χ0n) is 12.8. The molecule has 0 aliphatic carbocycles. The van der Waals surface area contributed by atoms with Crippen molar-refractivity contribution >= 4 is 11.6 Å². The van der Waals surface area contributed by atoms with Gasteiger partial charge < -0.3 is 15.3 Å². The van der Waals surface area contributed by atoms with Crippen LogP contribution in [0.5, 0.6) is 0 Å². The van der Waals surface area contributed by atoms with Crippen LogP contribution in [0, 0.1) is 5.92 Å². The zero-order chi connectivity index (χ0) is 14.5. The van der Waals surface area contributed by atoms with Gasteiger partial charge in [-0.1, -0.05) is 20.3 Å². The van der Waals surface area contributed by atoms with E-state index < -0.39 is 0 Å². The lowest BCUT2D eigenvalue weighted by atomic mass is 10.0. The quantitative estimate of drug-likeness (QED) is 0.834. The van der Waals surface area contributed by atoms with Gasteiger partial charge in [-0.25, -0.2) is 9.97 Å². The Labute approximate surface area is 121 Å². The van der Waals surface area contributed by atoms with Crippen molar-refractivity contribution in [2.45, 2.75) is 46.1 Å². The molecule has 1 aromatic rings. The van der Waals surface area contributed by atoms with Crippen LogP contribution in [-0.4, -0.2) is 40.8 Å². The molecule has 0 radical (unpaired) electrons. The first-order valence-electron chi connectivity index (χ1n) is 7.68. The molecule has 2 rings (SSSR count). The van der Waals surface area contributed by atoms with Gasteiger partial charge in [0.05, 0.1) is 12.6 Å². The van der Waals surface area contributed by atoms with E-state index in [2.05, 4.69) is 41.0 Å². The average Bonchev–Trinajstić information content (AvgIpc) is 2.82. The van der Waals surface area contributed by atoms with Crippen molar-refractivity contribution in [1.82, 2.24) is 9.97 Å². The summed E-state index contributed by atoms with van der Waals surface area (Å²) in [6.45, 7) is 8.45. The molecule has 0 saturated carbocycles. The fraction of sp³-hybridized carbons (Fsp3) is 0.733. The van der Waals surface area contributed by atoms with Gasteiger partial charge in [0.1, 0.15) is 18.0 Å². The van der Waals surface area contributed by atoms with Crippen LogP contribution >= 0.6 is 0 Å². The summed E-state index contributed by atoms with van der Waals surface area (Å²) in [6.07, 6.45) is 4.76. The molecule has 2 unspecified atom stereocenters. The highest BCUT2D eigenvalue weighted by Gasteiger charge is 2.33. The van der Waals surface area contributed by atoms with Crippen molar-refractivity contribution in [3.8, 4) is 0 Å². The number of nitrogens with one attached hydrogen (secondary N) is 1. The van der Waals surface area contributed by atoms with Gasteiger partial charge in [-0.15, -0.1) is 0 Å². The highest BCUT2D eigenvalue weighted by molar-refractivity contribution is 5.60. The summed E-state index contributed by atoms with van der Waals surface area (Å²) in [5.74, 6) is 2.45. The van der Waals surface area contributed by atoms with Gasteiger partial charge >= 0.3 is 0 Å². The standard InChI is InChI=1S/C15H26N4O/c1-4-6-12-14(16-5-2)17-10-18-15(12)19-8-7-11(3)13(19)9-20/h10-11,13,20H,4-9H2,1-3H3,(H,16,17,18). The first-order chi connectivity index (χ1) is 9.72. The molecule has 20 heavy (non-hydrogen) atoms. The summed E-state index contributed by atoms with van der Waals surface area (Å²) in [6, 6.07) is 0.176. The zero-order valence-corrected chi connectivity index (χ0v) is 12.8. The number of rotatable bonds is 6. The van der Waals surface area contributed by atoms with Crippen molar-refractivity contribution in [3.05, 3.63) is 11.9 Å². The Kier molecular flexibility index (Phi) is 5.17. The third-order valence-electron chi connectivity index (χ3n) is 4.11. The van der Waals surface area contributed by atoms with Crippen molar-refractivity contribution in [2.75, 3.05) is 29.9 Å². The highest BCUT2D eigenvalue weighted by Crippen LogP contribution is 2.33. The Bertz CT molecular complexity index is 438.